The molecule has 0 amide bonds. The van der Waals surface area contributed by atoms with Gasteiger partial charge in [-0.25, -0.2) is 0 Å². The molecule has 2 rings (SSSR count). The molecular weight excluding hydrogens is 266 g/mol. The average molecular weight is 282 g/mol. The van der Waals surface area contributed by atoms with Crippen LogP contribution in [0, 0.1) is 6.92 Å². The van der Waals surface area contributed by atoms with Crippen molar-refractivity contribution in [3.63, 3.8) is 0 Å². The summed E-state index contributed by atoms with van der Waals surface area (Å²) in [6.07, 6.45) is 0. The molecule has 0 fully saturated rings. The van der Waals surface area contributed by atoms with Gasteiger partial charge in [0.2, 0.25) is 0 Å². The highest BCUT2D eigenvalue weighted by Gasteiger charge is 2.15. The monoisotopic (exact) mass is 281 g/mol. The third-order valence-corrected chi connectivity index (χ3v) is 4.52. The Labute approximate surface area is 117 Å². The second kappa shape index (κ2) is 5.74. The normalized spacial score (nSPS) is 12.4. The first-order valence-corrected chi connectivity index (χ1v) is 6.92. The van der Waals surface area contributed by atoms with Crippen molar-refractivity contribution in [2.24, 2.45) is 0 Å². The molecule has 0 aliphatic carbocycles. The van der Waals surface area contributed by atoms with E-state index in [1.54, 1.807) is 18.4 Å². The number of nitrogens with one attached hydrogen (secondary N) is 1. The van der Waals surface area contributed by atoms with E-state index >= 15 is 0 Å². The van der Waals surface area contributed by atoms with Crippen LogP contribution in [0.4, 0.5) is 0 Å². The molecule has 1 aromatic carbocycles. The predicted molar refractivity (Wildman–Crippen MR) is 78.0 cm³/mol. The van der Waals surface area contributed by atoms with Crippen LogP contribution in [0.3, 0.4) is 0 Å². The Morgan fingerprint density at radius 1 is 1.28 bits per heavy atom. The highest BCUT2D eigenvalue weighted by atomic mass is 35.5. The quantitative estimate of drug-likeness (QED) is 0.914. The van der Waals surface area contributed by atoms with Gasteiger partial charge in [0.25, 0.3) is 0 Å². The Bertz CT molecular complexity index is 502. The maximum atomic E-state index is 6.14. The first-order chi connectivity index (χ1) is 8.65. The molecule has 1 aromatic heterocycles. The zero-order chi connectivity index (χ0) is 13.1. The second-order valence-corrected chi connectivity index (χ2v) is 5.79. The molecule has 2 aromatic rings. The van der Waals surface area contributed by atoms with Crippen LogP contribution < -0.4 is 10.1 Å². The molecule has 0 spiro atoms. The summed E-state index contributed by atoms with van der Waals surface area (Å²) in [5, 5.41) is 3.32. The van der Waals surface area contributed by atoms with Crippen LogP contribution in [0.15, 0.2) is 30.3 Å². The minimum absolute atomic E-state index is 0.173. The highest BCUT2D eigenvalue weighted by Crippen LogP contribution is 2.34. The number of halogens is 1. The summed E-state index contributed by atoms with van der Waals surface area (Å²) >= 11 is 7.76. The van der Waals surface area contributed by atoms with Crippen molar-refractivity contribution in [1.82, 2.24) is 5.32 Å². The molecule has 0 bridgehead atoms. The van der Waals surface area contributed by atoms with Gasteiger partial charge in [0, 0.05) is 4.88 Å². The zero-order valence-corrected chi connectivity index (χ0v) is 12.2. The van der Waals surface area contributed by atoms with Gasteiger partial charge in [-0.15, -0.1) is 11.3 Å². The molecule has 96 valence electrons. The lowest BCUT2D eigenvalue weighted by Crippen LogP contribution is -2.16. The smallest absolute Gasteiger partial charge is 0.118 e. The lowest BCUT2D eigenvalue weighted by atomic mass is 10.1. The van der Waals surface area contributed by atoms with E-state index in [1.165, 1.54) is 10.4 Å². The Morgan fingerprint density at radius 3 is 2.39 bits per heavy atom. The number of methoxy groups -OCH3 is 1. The van der Waals surface area contributed by atoms with Gasteiger partial charge in [0.1, 0.15) is 5.75 Å². The lowest BCUT2D eigenvalue weighted by molar-refractivity contribution is 0.414. The fourth-order valence-corrected chi connectivity index (χ4v) is 3.25. The van der Waals surface area contributed by atoms with Crippen molar-refractivity contribution in [1.29, 1.82) is 0 Å². The standard InChI is InChI=1S/C14H16ClNOS/c1-9-8-12(18-14(9)15)13(16-2)10-4-6-11(17-3)7-5-10/h4-8,13,16H,1-3H3. The predicted octanol–water partition coefficient (Wildman–Crippen LogP) is 4.03. The van der Waals surface area contributed by atoms with Crippen LogP contribution in [-0.2, 0) is 0 Å². The van der Waals surface area contributed by atoms with Gasteiger partial charge in [-0.05, 0) is 43.3 Å². The van der Waals surface area contributed by atoms with E-state index in [2.05, 4.69) is 23.5 Å². The minimum Gasteiger partial charge on any atom is -0.497 e. The van der Waals surface area contributed by atoms with Crippen molar-refractivity contribution in [3.05, 3.63) is 50.7 Å². The molecule has 1 heterocycles. The number of ether oxygens (including phenoxy) is 1. The molecule has 1 unspecified atom stereocenters. The van der Waals surface area contributed by atoms with Gasteiger partial charge in [-0.3, -0.25) is 0 Å². The van der Waals surface area contributed by atoms with Crippen LogP contribution in [0.1, 0.15) is 22.0 Å². The molecule has 18 heavy (non-hydrogen) atoms. The molecular formula is C14H16ClNOS. The van der Waals surface area contributed by atoms with Crippen LogP contribution in [0.25, 0.3) is 0 Å². The van der Waals surface area contributed by atoms with E-state index in [9.17, 15) is 0 Å². The first-order valence-electron chi connectivity index (χ1n) is 5.72. The van der Waals surface area contributed by atoms with Crippen molar-refractivity contribution >= 4 is 22.9 Å². The Kier molecular flexibility index (Phi) is 4.27. The summed E-state index contributed by atoms with van der Waals surface area (Å²) in [6, 6.07) is 10.4. The van der Waals surface area contributed by atoms with Crippen LogP contribution in [0.5, 0.6) is 5.75 Å². The van der Waals surface area contributed by atoms with E-state index in [-0.39, 0.29) is 6.04 Å². The van der Waals surface area contributed by atoms with Crippen LogP contribution in [0.2, 0.25) is 4.34 Å². The molecule has 1 N–H and O–H groups in total. The van der Waals surface area contributed by atoms with E-state index in [0.717, 1.165) is 15.6 Å². The molecule has 4 heteroatoms. The SMILES string of the molecule is CNC(c1ccc(OC)cc1)c1cc(C)c(Cl)s1. The molecule has 0 radical (unpaired) electrons. The second-order valence-electron chi connectivity index (χ2n) is 4.10. The molecule has 0 saturated heterocycles. The van der Waals surface area contributed by atoms with Crippen LogP contribution in [-0.4, -0.2) is 14.2 Å². The van der Waals surface area contributed by atoms with Gasteiger partial charge >= 0.3 is 0 Å². The van der Waals surface area contributed by atoms with Crippen molar-refractivity contribution in [2.75, 3.05) is 14.2 Å². The highest BCUT2D eigenvalue weighted by molar-refractivity contribution is 7.16. The molecule has 1 atom stereocenters. The van der Waals surface area contributed by atoms with E-state index in [0.29, 0.717) is 0 Å². The van der Waals surface area contributed by atoms with Crippen molar-refractivity contribution in [2.45, 2.75) is 13.0 Å². The summed E-state index contributed by atoms with van der Waals surface area (Å²) in [4.78, 5) is 1.23. The lowest BCUT2D eigenvalue weighted by Gasteiger charge is -2.15. The third-order valence-electron chi connectivity index (χ3n) is 2.90. The van der Waals surface area contributed by atoms with Gasteiger partial charge < -0.3 is 10.1 Å². The summed E-state index contributed by atoms with van der Waals surface area (Å²) in [5.74, 6) is 0.869. The molecule has 0 saturated carbocycles. The maximum Gasteiger partial charge on any atom is 0.118 e. The third kappa shape index (κ3) is 2.69. The zero-order valence-electron chi connectivity index (χ0n) is 10.7. The van der Waals surface area contributed by atoms with E-state index in [4.69, 9.17) is 16.3 Å². The number of aryl methyl sites for hydroxylation is 1. The molecule has 0 aliphatic rings. The van der Waals surface area contributed by atoms with Crippen LogP contribution >= 0.6 is 22.9 Å². The number of hydrogen-bond acceptors (Lipinski definition) is 3. The van der Waals surface area contributed by atoms with E-state index < -0.39 is 0 Å². The number of rotatable bonds is 4. The topological polar surface area (TPSA) is 21.3 Å². The fourth-order valence-electron chi connectivity index (χ4n) is 1.90. The molecule has 2 nitrogen and oxygen atoms in total. The van der Waals surface area contributed by atoms with Gasteiger partial charge in [-0.1, -0.05) is 23.7 Å². The average Bonchev–Trinajstić information content (AvgIpc) is 2.71. The maximum absolute atomic E-state index is 6.14. The summed E-state index contributed by atoms with van der Waals surface area (Å²) in [5.41, 5.74) is 2.33. The number of hydrogen-bond donors (Lipinski definition) is 1. The number of benzene rings is 1. The Balaban J connectivity index is 2.32. The largest absolute Gasteiger partial charge is 0.497 e. The summed E-state index contributed by atoms with van der Waals surface area (Å²) < 4.78 is 6.03. The van der Waals surface area contributed by atoms with E-state index in [1.807, 2.05) is 26.1 Å². The first kappa shape index (κ1) is 13.4. The molecule has 0 aliphatic heterocycles. The Morgan fingerprint density at radius 2 is 1.94 bits per heavy atom. The Hall–Kier alpha value is -1.03. The van der Waals surface area contributed by atoms with Gasteiger partial charge in [0.05, 0.1) is 17.5 Å². The van der Waals surface area contributed by atoms with Gasteiger partial charge in [0.15, 0.2) is 0 Å². The summed E-state index contributed by atoms with van der Waals surface area (Å²) in [7, 11) is 3.63. The van der Waals surface area contributed by atoms with Crippen molar-refractivity contribution in [3.8, 4) is 5.75 Å². The number of thiophene rings is 1. The van der Waals surface area contributed by atoms with Crippen molar-refractivity contribution < 1.29 is 4.74 Å². The fraction of sp³-hybridized carbons (Fsp3) is 0.286. The van der Waals surface area contributed by atoms with Gasteiger partial charge in [-0.2, -0.15) is 0 Å². The summed E-state index contributed by atoms with van der Waals surface area (Å²) in [6.45, 7) is 2.03. The minimum atomic E-state index is 0.173.